The van der Waals surface area contributed by atoms with Gasteiger partial charge in [-0.15, -0.1) is 0 Å². The van der Waals surface area contributed by atoms with Crippen molar-refractivity contribution in [3.63, 3.8) is 0 Å². The maximum absolute atomic E-state index is 13.4. The molecule has 4 aromatic rings. The van der Waals surface area contributed by atoms with Crippen molar-refractivity contribution < 1.29 is 8.78 Å². The van der Waals surface area contributed by atoms with Crippen LogP contribution in [0.2, 0.25) is 0 Å². The Morgan fingerprint density at radius 2 is 1.85 bits per heavy atom. The van der Waals surface area contributed by atoms with Crippen molar-refractivity contribution in [2.45, 2.75) is 13.5 Å². The van der Waals surface area contributed by atoms with E-state index in [2.05, 4.69) is 20.4 Å². The molecular weight excluding hydrogens is 336 g/mol. The lowest BCUT2D eigenvalue weighted by atomic mass is 10.1. The SMILES string of the molecule is Cc1cc(CNc2ncnc3c2cnn3-c2ccc(F)cc2)ccc1F. The summed E-state index contributed by atoms with van der Waals surface area (Å²) < 4.78 is 28.1. The average molecular weight is 351 g/mol. The van der Waals surface area contributed by atoms with Gasteiger partial charge in [-0.3, -0.25) is 0 Å². The van der Waals surface area contributed by atoms with Gasteiger partial charge >= 0.3 is 0 Å². The summed E-state index contributed by atoms with van der Waals surface area (Å²) in [7, 11) is 0. The van der Waals surface area contributed by atoms with Crippen LogP contribution in [0.3, 0.4) is 0 Å². The highest BCUT2D eigenvalue weighted by molar-refractivity contribution is 5.87. The van der Waals surface area contributed by atoms with E-state index < -0.39 is 0 Å². The third-order valence-electron chi connectivity index (χ3n) is 4.12. The summed E-state index contributed by atoms with van der Waals surface area (Å²) in [6.07, 6.45) is 3.11. The lowest BCUT2D eigenvalue weighted by molar-refractivity contribution is 0.617. The van der Waals surface area contributed by atoms with Gasteiger partial charge in [0.15, 0.2) is 5.65 Å². The number of benzene rings is 2. The van der Waals surface area contributed by atoms with Gasteiger partial charge < -0.3 is 5.32 Å². The van der Waals surface area contributed by atoms with Crippen molar-refractivity contribution in [2.24, 2.45) is 0 Å². The Labute approximate surface area is 148 Å². The lowest BCUT2D eigenvalue weighted by Crippen LogP contribution is -2.03. The molecular formula is C19H15F2N5. The van der Waals surface area contributed by atoms with Gasteiger partial charge in [-0.05, 0) is 48.4 Å². The molecule has 0 atom stereocenters. The average Bonchev–Trinajstić information content (AvgIpc) is 3.08. The van der Waals surface area contributed by atoms with E-state index in [1.54, 1.807) is 42.1 Å². The largest absolute Gasteiger partial charge is 0.365 e. The molecule has 1 N–H and O–H groups in total. The third kappa shape index (κ3) is 2.99. The van der Waals surface area contributed by atoms with Crippen LogP contribution in [0.25, 0.3) is 16.7 Å². The first-order valence-corrected chi connectivity index (χ1v) is 8.05. The molecule has 2 aromatic carbocycles. The summed E-state index contributed by atoms with van der Waals surface area (Å²) in [5.41, 5.74) is 2.87. The highest BCUT2D eigenvalue weighted by Gasteiger charge is 2.11. The van der Waals surface area contributed by atoms with E-state index in [9.17, 15) is 8.78 Å². The summed E-state index contributed by atoms with van der Waals surface area (Å²) in [5.74, 6) is 0.0980. The molecule has 0 saturated heterocycles. The van der Waals surface area contributed by atoms with Crippen LogP contribution in [0, 0.1) is 18.6 Å². The number of hydrogen-bond donors (Lipinski definition) is 1. The lowest BCUT2D eigenvalue weighted by Gasteiger charge is -2.08. The minimum Gasteiger partial charge on any atom is -0.365 e. The van der Waals surface area contributed by atoms with E-state index in [-0.39, 0.29) is 11.6 Å². The molecule has 130 valence electrons. The minimum atomic E-state index is -0.309. The smallest absolute Gasteiger partial charge is 0.168 e. The number of rotatable bonds is 4. The number of nitrogens with zero attached hydrogens (tertiary/aromatic N) is 4. The Morgan fingerprint density at radius 1 is 1.04 bits per heavy atom. The van der Waals surface area contributed by atoms with E-state index in [1.165, 1.54) is 24.5 Å². The van der Waals surface area contributed by atoms with Crippen LogP contribution in [0.5, 0.6) is 0 Å². The first-order chi connectivity index (χ1) is 12.6. The Hall–Kier alpha value is -3.35. The van der Waals surface area contributed by atoms with Crippen molar-refractivity contribution >= 4 is 16.9 Å². The van der Waals surface area contributed by atoms with Crippen LogP contribution in [-0.4, -0.2) is 19.7 Å². The molecule has 2 heterocycles. The van der Waals surface area contributed by atoms with E-state index in [0.29, 0.717) is 29.3 Å². The Balaban J connectivity index is 1.64. The van der Waals surface area contributed by atoms with Crippen molar-refractivity contribution in [2.75, 3.05) is 5.32 Å². The normalized spacial score (nSPS) is 11.0. The number of nitrogens with one attached hydrogen (secondary N) is 1. The highest BCUT2D eigenvalue weighted by atomic mass is 19.1. The molecule has 0 aliphatic carbocycles. The van der Waals surface area contributed by atoms with Crippen LogP contribution in [-0.2, 0) is 6.54 Å². The second kappa shape index (κ2) is 6.51. The summed E-state index contributed by atoms with van der Waals surface area (Å²) in [5, 5.41) is 8.32. The molecule has 5 nitrogen and oxygen atoms in total. The van der Waals surface area contributed by atoms with Gasteiger partial charge in [-0.2, -0.15) is 5.10 Å². The molecule has 0 saturated carbocycles. The zero-order valence-corrected chi connectivity index (χ0v) is 13.9. The monoisotopic (exact) mass is 351 g/mol. The number of anilines is 1. The maximum Gasteiger partial charge on any atom is 0.168 e. The Morgan fingerprint density at radius 3 is 2.62 bits per heavy atom. The van der Waals surface area contributed by atoms with Crippen molar-refractivity contribution in [1.29, 1.82) is 0 Å². The fourth-order valence-electron chi connectivity index (χ4n) is 2.76. The van der Waals surface area contributed by atoms with Gasteiger partial charge in [0.2, 0.25) is 0 Å². The fourth-order valence-corrected chi connectivity index (χ4v) is 2.76. The fraction of sp³-hybridized carbons (Fsp3) is 0.105. The summed E-state index contributed by atoms with van der Waals surface area (Å²) >= 11 is 0. The van der Waals surface area contributed by atoms with Crippen molar-refractivity contribution in [3.05, 3.63) is 77.8 Å². The summed E-state index contributed by atoms with van der Waals surface area (Å²) in [4.78, 5) is 8.56. The zero-order chi connectivity index (χ0) is 18.1. The molecule has 0 spiro atoms. The Bertz CT molecular complexity index is 1070. The molecule has 0 radical (unpaired) electrons. The van der Waals surface area contributed by atoms with Gasteiger partial charge in [-0.1, -0.05) is 12.1 Å². The van der Waals surface area contributed by atoms with Gasteiger partial charge in [0.25, 0.3) is 0 Å². The molecule has 0 aliphatic rings. The first-order valence-electron chi connectivity index (χ1n) is 8.05. The number of halogens is 2. The molecule has 7 heteroatoms. The molecule has 0 fully saturated rings. The number of fused-ring (bicyclic) bond motifs is 1. The van der Waals surface area contributed by atoms with Gasteiger partial charge in [0.1, 0.15) is 23.8 Å². The molecule has 2 aromatic heterocycles. The van der Waals surface area contributed by atoms with Gasteiger partial charge in [-0.25, -0.2) is 23.4 Å². The predicted molar refractivity (Wildman–Crippen MR) is 95.1 cm³/mol. The minimum absolute atomic E-state index is 0.223. The molecule has 0 aliphatic heterocycles. The van der Waals surface area contributed by atoms with Crippen LogP contribution in [0.1, 0.15) is 11.1 Å². The van der Waals surface area contributed by atoms with Crippen molar-refractivity contribution in [1.82, 2.24) is 19.7 Å². The summed E-state index contributed by atoms with van der Waals surface area (Å²) in [6.45, 7) is 2.23. The highest BCUT2D eigenvalue weighted by Crippen LogP contribution is 2.22. The second-order valence-corrected chi connectivity index (χ2v) is 5.93. The van der Waals surface area contributed by atoms with Gasteiger partial charge in [0.05, 0.1) is 17.3 Å². The third-order valence-corrected chi connectivity index (χ3v) is 4.12. The van der Waals surface area contributed by atoms with Crippen LogP contribution < -0.4 is 5.32 Å². The second-order valence-electron chi connectivity index (χ2n) is 5.93. The van der Waals surface area contributed by atoms with E-state index >= 15 is 0 Å². The van der Waals surface area contributed by atoms with E-state index in [4.69, 9.17) is 0 Å². The quantitative estimate of drug-likeness (QED) is 0.603. The molecule has 0 bridgehead atoms. The van der Waals surface area contributed by atoms with E-state index in [1.807, 2.05) is 0 Å². The van der Waals surface area contributed by atoms with E-state index in [0.717, 1.165) is 10.9 Å². The standard InChI is InChI=1S/C19H15F2N5/c1-12-8-13(2-7-17(12)21)9-22-18-16-10-25-26(19(16)24-11-23-18)15-5-3-14(20)4-6-15/h2-8,10-11H,9H2,1H3,(H,22,23,24). The molecule has 0 amide bonds. The number of aromatic nitrogens is 4. The van der Waals surface area contributed by atoms with Crippen LogP contribution >= 0.6 is 0 Å². The summed E-state index contributed by atoms with van der Waals surface area (Å²) in [6, 6.07) is 11.0. The van der Waals surface area contributed by atoms with Crippen molar-refractivity contribution in [3.8, 4) is 5.69 Å². The van der Waals surface area contributed by atoms with Crippen LogP contribution in [0.4, 0.5) is 14.6 Å². The predicted octanol–water partition coefficient (Wildman–Crippen LogP) is 4.01. The molecule has 26 heavy (non-hydrogen) atoms. The molecule has 4 rings (SSSR count). The maximum atomic E-state index is 13.4. The first kappa shape index (κ1) is 16.1. The number of aryl methyl sites for hydroxylation is 1. The van der Waals surface area contributed by atoms with Gasteiger partial charge in [0, 0.05) is 6.54 Å². The topological polar surface area (TPSA) is 55.6 Å². The van der Waals surface area contributed by atoms with Crippen LogP contribution in [0.15, 0.2) is 55.0 Å². The number of hydrogen-bond acceptors (Lipinski definition) is 4. The Kier molecular flexibility index (Phi) is 4.04. The molecule has 0 unspecified atom stereocenters. The zero-order valence-electron chi connectivity index (χ0n) is 13.9.